The molecule has 0 unspecified atom stereocenters. The molecule has 0 aliphatic heterocycles. The molecule has 11 heteroatoms. The minimum Gasteiger partial charge on any atom is -0.490 e. The monoisotopic (exact) mass is 460 g/mol. The smallest absolute Gasteiger partial charge is 0.433 e. The molecule has 1 saturated carbocycles. The highest BCUT2D eigenvalue weighted by Crippen LogP contribution is 2.40. The Morgan fingerprint density at radius 3 is 2.70 bits per heavy atom. The van der Waals surface area contributed by atoms with Crippen LogP contribution >= 0.6 is 0 Å². The lowest BCUT2D eigenvalue weighted by Crippen LogP contribution is -2.32. The number of H-pyrrole nitrogens is 1. The van der Waals surface area contributed by atoms with Gasteiger partial charge in [0.05, 0.1) is 11.8 Å². The van der Waals surface area contributed by atoms with E-state index in [-0.39, 0.29) is 17.7 Å². The van der Waals surface area contributed by atoms with Crippen LogP contribution in [0.1, 0.15) is 30.0 Å². The largest absolute Gasteiger partial charge is 0.490 e. The summed E-state index contributed by atoms with van der Waals surface area (Å²) < 4.78 is 44.0. The SMILES string of the molecule is CN(N)/C=C(\N)C(=O)Nc1c[nH]c2ccc(OC3CC(c4ccc(C(F)(F)F)nc4)C3)cc12. The van der Waals surface area contributed by atoms with Crippen molar-refractivity contribution in [2.45, 2.75) is 31.0 Å². The number of alkyl halides is 3. The fourth-order valence-corrected chi connectivity index (χ4v) is 3.69. The number of fused-ring (bicyclic) bond motifs is 1. The first-order valence-corrected chi connectivity index (χ1v) is 10.2. The standard InChI is InChI=1S/C22H23F3N6O2/c1-31(27)11-17(26)21(32)30-19-10-28-18-4-3-14(8-16(18)19)33-15-6-13(7-15)12-2-5-20(29-9-12)22(23,24)25/h2-5,8-11,13,15,28H,6-7,26-27H2,1H3,(H,30,32)/b17-11-. The second-order valence-corrected chi connectivity index (χ2v) is 8.00. The van der Waals surface area contributed by atoms with Gasteiger partial charge in [0.15, 0.2) is 0 Å². The fourth-order valence-electron chi connectivity index (χ4n) is 3.69. The molecule has 0 bridgehead atoms. The number of nitrogens with zero attached hydrogens (tertiary/aromatic N) is 2. The molecular formula is C22H23F3N6O2. The summed E-state index contributed by atoms with van der Waals surface area (Å²) in [7, 11) is 1.55. The number of pyridine rings is 1. The van der Waals surface area contributed by atoms with Crippen LogP contribution in [0.4, 0.5) is 18.9 Å². The zero-order valence-electron chi connectivity index (χ0n) is 17.7. The molecule has 0 spiro atoms. The third-order valence-corrected chi connectivity index (χ3v) is 5.45. The van der Waals surface area contributed by atoms with Crippen LogP contribution in [0.2, 0.25) is 0 Å². The maximum Gasteiger partial charge on any atom is 0.433 e. The van der Waals surface area contributed by atoms with Gasteiger partial charge in [-0.25, -0.2) is 5.84 Å². The molecular weight excluding hydrogens is 437 g/mol. The Hall–Kier alpha value is -3.73. The molecule has 3 aromatic rings. The first-order chi connectivity index (χ1) is 15.6. The number of hydrogen-bond acceptors (Lipinski definition) is 6. The Labute approximate surface area is 187 Å². The van der Waals surface area contributed by atoms with Gasteiger partial charge in [0, 0.05) is 36.5 Å². The van der Waals surface area contributed by atoms with Gasteiger partial charge < -0.3 is 25.8 Å². The van der Waals surface area contributed by atoms with Crippen LogP contribution in [0.3, 0.4) is 0 Å². The number of nitrogens with one attached hydrogen (secondary N) is 2. The van der Waals surface area contributed by atoms with Gasteiger partial charge in [-0.2, -0.15) is 13.2 Å². The molecule has 1 aliphatic rings. The van der Waals surface area contributed by atoms with Crippen molar-refractivity contribution in [3.8, 4) is 5.75 Å². The molecule has 1 amide bonds. The number of hydrazine groups is 1. The van der Waals surface area contributed by atoms with E-state index in [1.54, 1.807) is 13.2 Å². The van der Waals surface area contributed by atoms with Crippen LogP contribution in [0.25, 0.3) is 10.9 Å². The summed E-state index contributed by atoms with van der Waals surface area (Å²) in [5, 5.41) is 4.66. The molecule has 0 saturated heterocycles. The van der Waals surface area contributed by atoms with Crippen LogP contribution in [0, 0.1) is 0 Å². The van der Waals surface area contributed by atoms with Crippen LogP contribution < -0.4 is 21.6 Å². The summed E-state index contributed by atoms with van der Waals surface area (Å²) in [5.41, 5.74) is 6.90. The molecule has 33 heavy (non-hydrogen) atoms. The number of rotatable bonds is 6. The van der Waals surface area contributed by atoms with Crippen molar-refractivity contribution in [3.63, 3.8) is 0 Å². The van der Waals surface area contributed by atoms with Gasteiger partial charge in [-0.1, -0.05) is 6.07 Å². The molecule has 2 heterocycles. The average molecular weight is 460 g/mol. The number of aromatic amines is 1. The third kappa shape index (κ3) is 5.03. The van der Waals surface area contributed by atoms with Crippen LogP contribution in [-0.4, -0.2) is 34.0 Å². The average Bonchev–Trinajstić information content (AvgIpc) is 3.11. The fraction of sp³-hybridized carbons (Fsp3) is 0.273. The van der Waals surface area contributed by atoms with Gasteiger partial charge in [0.25, 0.3) is 5.91 Å². The Morgan fingerprint density at radius 1 is 1.30 bits per heavy atom. The Morgan fingerprint density at radius 2 is 2.06 bits per heavy atom. The van der Waals surface area contributed by atoms with Crippen LogP contribution in [0.5, 0.6) is 5.75 Å². The second kappa shape index (κ2) is 8.66. The summed E-state index contributed by atoms with van der Waals surface area (Å²) in [6.07, 6.45) is 1.09. The molecule has 0 radical (unpaired) electrons. The number of carbonyl (C=O) groups excluding carboxylic acids is 1. The van der Waals surface area contributed by atoms with Crippen molar-refractivity contribution in [1.29, 1.82) is 0 Å². The van der Waals surface area contributed by atoms with Gasteiger partial charge >= 0.3 is 6.18 Å². The van der Waals surface area contributed by atoms with Crippen molar-refractivity contribution < 1.29 is 22.7 Å². The summed E-state index contributed by atoms with van der Waals surface area (Å²) in [6.45, 7) is 0. The van der Waals surface area contributed by atoms with Crippen LogP contribution in [-0.2, 0) is 11.0 Å². The highest BCUT2D eigenvalue weighted by atomic mass is 19.4. The van der Waals surface area contributed by atoms with E-state index in [4.69, 9.17) is 16.3 Å². The number of hydrogen-bond donors (Lipinski definition) is 4. The maximum absolute atomic E-state index is 12.7. The van der Waals surface area contributed by atoms with E-state index < -0.39 is 17.8 Å². The van der Waals surface area contributed by atoms with Crippen molar-refractivity contribution in [2.24, 2.45) is 11.6 Å². The van der Waals surface area contributed by atoms with E-state index in [0.29, 0.717) is 24.3 Å². The molecule has 2 aromatic heterocycles. The van der Waals surface area contributed by atoms with E-state index >= 15 is 0 Å². The summed E-state index contributed by atoms with van der Waals surface area (Å²) in [6, 6.07) is 7.94. The zero-order valence-corrected chi connectivity index (χ0v) is 17.7. The Kier molecular flexibility index (Phi) is 5.90. The van der Waals surface area contributed by atoms with Gasteiger partial charge in [0.1, 0.15) is 17.1 Å². The van der Waals surface area contributed by atoms with E-state index in [2.05, 4.69) is 15.3 Å². The molecule has 1 aliphatic carbocycles. The summed E-state index contributed by atoms with van der Waals surface area (Å²) in [4.78, 5) is 18.9. The number of carbonyl (C=O) groups is 1. The molecule has 174 valence electrons. The van der Waals surface area contributed by atoms with Gasteiger partial charge in [0.2, 0.25) is 0 Å². The van der Waals surface area contributed by atoms with Gasteiger partial charge in [-0.3, -0.25) is 9.78 Å². The van der Waals surface area contributed by atoms with Crippen molar-refractivity contribution in [2.75, 3.05) is 12.4 Å². The van der Waals surface area contributed by atoms with Gasteiger partial charge in [-0.05, 0) is 48.6 Å². The first kappa shape index (κ1) is 22.5. The number of aromatic nitrogens is 2. The number of anilines is 1. The normalized spacial score (nSPS) is 18.6. The minimum atomic E-state index is -4.44. The number of benzene rings is 1. The molecule has 8 nitrogen and oxygen atoms in total. The van der Waals surface area contributed by atoms with E-state index in [1.165, 1.54) is 23.5 Å². The first-order valence-electron chi connectivity index (χ1n) is 10.2. The highest BCUT2D eigenvalue weighted by molar-refractivity contribution is 6.08. The van der Waals surface area contributed by atoms with E-state index in [0.717, 1.165) is 22.5 Å². The van der Waals surface area contributed by atoms with E-state index in [9.17, 15) is 18.0 Å². The zero-order chi connectivity index (χ0) is 23.8. The summed E-state index contributed by atoms with van der Waals surface area (Å²) in [5.74, 6) is 5.71. The number of amides is 1. The van der Waals surface area contributed by atoms with Crippen molar-refractivity contribution in [1.82, 2.24) is 15.0 Å². The number of halogens is 3. The van der Waals surface area contributed by atoms with Crippen LogP contribution in [0.15, 0.2) is 54.6 Å². The summed E-state index contributed by atoms with van der Waals surface area (Å²) >= 11 is 0. The van der Waals surface area contributed by atoms with Crippen molar-refractivity contribution >= 4 is 22.5 Å². The Bertz CT molecular complexity index is 1180. The predicted octanol–water partition coefficient (Wildman–Crippen LogP) is 3.45. The lowest BCUT2D eigenvalue weighted by molar-refractivity contribution is -0.141. The van der Waals surface area contributed by atoms with E-state index in [1.807, 2.05) is 18.2 Å². The number of ether oxygens (including phenoxy) is 1. The molecule has 1 aromatic carbocycles. The third-order valence-electron chi connectivity index (χ3n) is 5.45. The number of nitrogens with two attached hydrogens (primary N) is 2. The lowest BCUT2D eigenvalue weighted by Gasteiger charge is -2.35. The highest BCUT2D eigenvalue weighted by Gasteiger charge is 2.35. The Balaban J connectivity index is 1.39. The molecule has 1 fully saturated rings. The second-order valence-electron chi connectivity index (χ2n) is 8.00. The van der Waals surface area contributed by atoms with Gasteiger partial charge in [-0.15, -0.1) is 0 Å². The maximum atomic E-state index is 12.7. The lowest BCUT2D eigenvalue weighted by atomic mass is 9.78. The minimum absolute atomic E-state index is 0.0416. The molecule has 0 atom stereocenters. The molecule has 4 rings (SSSR count). The van der Waals surface area contributed by atoms with Crippen molar-refractivity contribution in [3.05, 3.63) is 65.9 Å². The quantitative estimate of drug-likeness (QED) is 0.254. The topological polar surface area (TPSA) is 122 Å². The molecule has 6 N–H and O–H groups in total. The predicted molar refractivity (Wildman–Crippen MR) is 117 cm³/mol.